The molecular formula is C22H27BrN4O3. The van der Waals surface area contributed by atoms with Crippen LogP contribution in [0.25, 0.3) is 5.65 Å². The first-order valence-corrected chi connectivity index (χ1v) is 10.8. The summed E-state index contributed by atoms with van der Waals surface area (Å²) in [6, 6.07) is 8.13. The number of aryl methyl sites for hydroxylation is 2. The summed E-state index contributed by atoms with van der Waals surface area (Å²) >= 11 is 3.61. The molecule has 0 fully saturated rings. The molecule has 2 heterocycles. The van der Waals surface area contributed by atoms with Gasteiger partial charge in [0.15, 0.2) is 11.9 Å². The molecule has 8 heteroatoms. The molecule has 1 N–H and O–H groups in total. The van der Waals surface area contributed by atoms with Crippen LogP contribution >= 0.6 is 15.9 Å². The first-order chi connectivity index (χ1) is 14.5. The predicted molar refractivity (Wildman–Crippen MR) is 119 cm³/mol. The lowest BCUT2D eigenvalue weighted by atomic mass is 10.0. The summed E-state index contributed by atoms with van der Waals surface area (Å²) in [6.07, 6.45) is 1.81. The van der Waals surface area contributed by atoms with E-state index in [4.69, 9.17) is 14.5 Å². The minimum absolute atomic E-state index is 0.251. The monoisotopic (exact) mass is 474 g/mol. The minimum atomic E-state index is -0.474. The van der Waals surface area contributed by atoms with Crippen molar-refractivity contribution in [2.75, 3.05) is 19.8 Å². The number of ether oxygens (including phenoxy) is 2. The van der Waals surface area contributed by atoms with Gasteiger partial charge in [-0.15, -0.1) is 0 Å². The third-order valence-electron chi connectivity index (χ3n) is 4.91. The largest absolute Gasteiger partial charge is 0.351 e. The molecule has 3 rings (SSSR count). The van der Waals surface area contributed by atoms with Crippen molar-refractivity contribution in [3.05, 3.63) is 63.0 Å². The highest BCUT2D eigenvalue weighted by atomic mass is 79.9. The number of benzene rings is 1. The number of hydrogen-bond acceptors (Lipinski definition) is 5. The maximum atomic E-state index is 12.8. The van der Waals surface area contributed by atoms with Gasteiger partial charge in [-0.05, 0) is 44.9 Å². The van der Waals surface area contributed by atoms with Crippen molar-refractivity contribution in [2.45, 2.75) is 40.4 Å². The summed E-state index contributed by atoms with van der Waals surface area (Å²) in [4.78, 5) is 17.5. The van der Waals surface area contributed by atoms with E-state index in [0.29, 0.717) is 24.4 Å². The molecule has 2 aromatic heterocycles. The summed E-state index contributed by atoms with van der Waals surface area (Å²) in [6.45, 7) is 9.03. The number of nitrogens with one attached hydrogen (secondary N) is 1. The van der Waals surface area contributed by atoms with Crippen molar-refractivity contribution in [3.8, 4) is 0 Å². The van der Waals surface area contributed by atoms with Crippen molar-refractivity contribution in [3.63, 3.8) is 0 Å². The number of amides is 1. The van der Waals surface area contributed by atoms with Crippen LogP contribution in [0.2, 0.25) is 0 Å². The molecule has 0 saturated carbocycles. The molecule has 0 aliphatic rings. The Morgan fingerprint density at radius 1 is 1.20 bits per heavy atom. The Hall–Kier alpha value is -2.29. The fraction of sp³-hybridized carbons (Fsp3) is 0.409. The zero-order chi connectivity index (χ0) is 21.7. The molecule has 0 spiro atoms. The van der Waals surface area contributed by atoms with Crippen LogP contribution in [0.1, 0.15) is 46.7 Å². The second-order valence-corrected chi connectivity index (χ2v) is 7.73. The van der Waals surface area contributed by atoms with Gasteiger partial charge in [0, 0.05) is 35.5 Å². The fourth-order valence-electron chi connectivity index (χ4n) is 3.37. The smallest absolute Gasteiger partial charge is 0.256 e. The average Bonchev–Trinajstić information content (AvgIpc) is 3.14. The van der Waals surface area contributed by atoms with E-state index in [9.17, 15) is 4.79 Å². The number of carbonyl (C=O) groups excluding carboxylic acids is 1. The van der Waals surface area contributed by atoms with Gasteiger partial charge in [-0.2, -0.15) is 5.10 Å². The highest BCUT2D eigenvalue weighted by molar-refractivity contribution is 9.10. The number of aromatic nitrogens is 3. The molecule has 30 heavy (non-hydrogen) atoms. The van der Waals surface area contributed by atoms with Crippen LogP contribution in [0.3, 0.4) is 0 Å². The average molecular weight is 475 g/mol. The molecule has 160 valence electrons. The Morgan fingerprint density at radius 2 is 1.90 bits per heavy atom. The van der Waals surface area contributed by atoms with E-state index < -0.39 is 6.29 Å². The van der Waals surface area contributed by atoms with E-state index in [1.165, 1.54) is 5.56 Å². The van der Waals surface area contributed by atoms with E-state index in [2.05, 4.69) is 32.4 Å². The first kappa shape index (κ1) is 22.4. The normalized spacial score (nSPS) is 11.4. The molecule has 0 aliphatic carbocycles. The molecule has 7 nitrogen and oxygen atoms in total. The van der Waals surface area contributed by atoms with E-state index in [1.54, 1.807) is 10.7 Å². The predicted octanol–water partition coefficient (Wildman–Crippen LogP) is 3.83. The van der Waals surface area contributed by atoms with Crippen LogP contribution < -0.4 is 5.32 Å². The molecule has 1 aromatic carbocycles. The van der Waals surface area contributed by atoms with Crippen LogP contribution in [-0.4, -0.2) is 46.6 Å². The Morgan fingerprint density at radius 3 is 2.57 bits per heavy atom. The third kappa shape index (κ3) is 4.88. The summed E-state index contributed by atoms with van der Waals surface area (Å²) < 4.78 is 13.8. The van der Waals surface area contributed by atoms with Gasteiger partial charge in [0.25, 0.3) is 5.91 Å². The van der Waals surface area contributed by atoms with Gasteiger partial charge in [-0.3, -0.25) is 4.79 Å². The quantitative estimate of drug-likeness (QED) is 0.476. The second-order valence-electron chi connectivity index (χ2n) is 6.87. The molecule has 0 atom stereocenters. The molecule has 0 aliphatic heterocycles. The van der Waals surface area contributed by atoms with Crippen molar-refractivity contribution in [2.24, 2.45) is 0 Å². The maximum Gasteiger partial charge on any atom is 0.256 e. The molecule has 3 aromatic rings. The summed E-state index contributed by atoms with van der Waals surface area (Å²) in [5.74, 6) is -0.251. The summed E-state index contributed by atoms with van der Waals surface area (Å²) in [7, 11) is 0. The molecule has 0 unspecified atom stereocenters. The zero-order valence-electron chi connectivity index (χ0n) is 17.7. The molecule has 0 bridgehead atoms. The molecule has 1 amide bonds. The van der Waals surface area contributed by atoms with Crippen molar-refractivity contribution < 1.29 is 14.3 Å². The van der Waals surface area contributed by atoms with Gasteiger partial charge >= 0.3 is 0 Å². The van der Waals surface area contributed by atoms with E-state index in [-0.39, 0.29) is 12.5 Å². The highest BCUT2D eigenvalue weighted by Gasteiger charge is 2.20. The Labute approximate surface area is 184 Å². The van der Waals surface area contributed by atoms with Crippen molar-refractivity contribution in [1.82, 2.24) is 19.9 Å². The Balaban J connectivity index is 1.85. The van der Waals surface area contributed by atoms with Gasteiger partial charge in [0.05, 0.1) is 12.7 Å². The Kier molecular flexibility index (Phi) is 7.58. The van der Waals surface area contributed by atoms with Crippen LogP contribution in [0, 0.1) is 13.8 Å². The number of fused-ring (bicyclic) bond motifs is 1. The number of rotatable bonds is 9. The van der Waals surface area contributed by atoms with Gasteiger partial charge < -0.3 is 14.8 Å². The van der Waals surface area contributed by atoms with Gasteiger partial charge in [0.1, 0.15) is 5.56 Å². The SMILES string of the molecule is CCOC(CNC(=O)c1cnn2c(C)c(Cc3ccccc3Br)c(C)nc12)OCC. The van der Waals surface area contributed by atoms with Crippen molar-refractivity contribution >= 4 is 27.5 Å². The third-order valence-corrected chi connectivity index (χ3v) is 5.69. The minimum Gasteiger partial charge on any atom is -0.351 e. The van der Waals surface area contributed by atoms with E-state index in [0.717, 1.165) is 27.8 Å². The van der Waals surface area contributed by atoms with E-state index in [1.807, 2.05) is 45.9 Å². The molecular weight excluding hydrogens is 448 g/mol. The summed E-state index contributed by atoms with van der Waals surface area (Å²) in [5, 5.41) is 7.28. The Bertz CT molecular complexity index is 1030. The van der Waals surface area contributed by atoms with Gasteiger partial charge in [0.2, 0.25) is 0 Å². The van der Waals surface area contributed by atoms with Gasteiger partial charge in [-0.1, -0.05) is 34.1 Å². The highest BCUT2D eigenvalue weighted by Crippen LogP contribution is 2.24. The number of carbonyl (C=O) groups is 1. The molecule has 0 saturated heterocycles. The van der Waals surface area contributed by atoms with Crippen LogP contribution in [0.5, 0.6) is 0 Å². The number of nitrogens with zero attached hydrogens (tertiary/aromatic N) is 3. The van der Waals surface area contributed by atoms with Crippen molar-refractivity contribution in [1.29, 1.82) is 0 Å². The maximum absolute atomic E-state index is 12.8. The standard InChI is InChI=1S/C22H27BrN4O3/c1-5-29-20(30-6-2)13-24-22(28)18-12-25-27-15(4)17(14(3)26-21(18)27)11-16-9-7-8-10-19(16)23/h7-10,12,20H,5-6,11,13H2,1-4H3,(H,24,28). The second kappa shape index (κ2) is 10.1. The first-order valence-electron chi connectivity index (χ1n) is 10.0. The van der Waals surface area contributed by atoms with Gasteiger partial charge in [-0.25, -0.2) is 9.50 Å². The van der Waals surface area contributed by atoms with E-state index >= 15 is 0 Å². The summed E-state index contributed by atoms with van der Waals surface area (Å²) in [5.41, 5.74) is 5.09. The number of halogens is 1. The lowest BCUT2D eigenvalue weighted by Crippen LogP contribution is -2.35. The zero-order valence-corrected chi connectivity index (χ0v) is 19.3. The number of hydrogen-bond donors (Lipinski definition) is 1. The van der Waals surface area contributed by atoms with Crippen LogP contribution in [0.15, 0.2) is 34.9 Å². The fourth-order valence-corrected chi connectivity index (χ4v) is 3.79. The molecule has 0 radical (unpaired) electrons. The van der Waals surface area contributed by atoms with Crippen LogP contribution in [-0.2, 0) is 15.9 Å². The van der Waals surface area contributed by atoms with Crippen LogP contribution in [0.4, 0.5) is 0 Å². The lowest BCUT2D eigenvalue weighted by Gasteiger charge is -2.17. The topological polar surface area (TPSA) is 77.8 Å². The lowest BCUT2D eigenvalue weighted by molar-refractivity contribution is -0.131.